The van der Waals surface area contributed by atoms with Crippen LogP contribution in [0.3, 0.4) is 0 Å². The number of carbonyl (C=O) groups is 1. The second-order valence-electron chi connectivity index (χ2n) is 9.19. The number of carbonyl (C=O) groups excluding carboxylic acids is 1. The number of Topliss-reactive ketones (excluding diaryl/α,β-unsaturated/α-hetero) is 1. The molecular weight excluding hydrogens is 440 g/mol. The first kappa shape index (κ1) is 21.5. The zero-order chi connectivity index (χ0) is 23.3. The lowest BCUT2D eigenvalue weighted by Gasteiger charge is -2.38. The molecule has 8 heteroatoms. The Morgan fingerprint density at radius 2 is 1.79 bits per heavy atom. The van der Waals surface area contributed by atoms with Crippen LogP contribution in [0, 0.1) is 5.41 Å². The van der Waals surface area contributed by atoms with Gasteiger partial charge in [-0.3, -0.25) is 4.79 Å². The van der Waals surface area contributed by atoms with Crippen molar-refractivity contribution in [3.05, 3.63) is 64.3 Å². The van der Waals surface area contributed by atoms with Crippen LogP contribution in [-0.4, -0.2) is 34.8 Å². The van der Waals surface area contributed by atoms with E-state index in [-0.39, 0.29) is 11.2 Å². The highest BCUT2D eigenvalue weighted by molar-refractivity contribution is 6.30. The third kappa shape index (κ3) is 3.76. The minimum absolute atomic E-state index is 0.114. The van der Waals surface area contributed by atoms with Crippen molar-refractivity contribution in [3.63, 3.8) is 0 Å². The van der Waals surface area contributed by atoms with Crippen LogP contribution < -0.4 is 14.8 Å². The maximum Gasteiger partial charge on any atom is 0.226 e. The normalized spacial score (nSPS) is 18.9. The number of ether oxygens (including phenoxy) is 2. The molecule has 7 nitrogen and oxygen atoms in total. The summed E-state index contributed by atoms with van der Waals surface area (Å²) in [7, 11) is 3.20. The molecule has 0 bridgehead atoms. The second-order valence-corrected chi connectivity index (χ2v) is 9.62. The van der Waals surface area contributed by atoms with Gasteiger partial charge in [0, 0.05) is 28.3 Å². The topological polar surface area (TPSA) is 78.3 Å². The average molecular weight is 465 g/mol. The molecule has 0 spiro atoms. The number of nitrogens with zero attached hydrogens (tertiary/aromatic N) is 3. The Balaban J connectivity index is 1.68. The van der Waals surface area contributed by atoms with Crippen molar-refractivity contribution < 1.29 is 14.3 Å². The number of allylic oxidation sites excluding steroid dienone is 2. The van der Waals surface area contributed by atoms with E-state index in [1.54, 1.807) is 18.9 Å². The van der Waals surface area contributed by atoms with Crippen LogP contribution in [0.2, 0.25) is 5.02 Å². The summed E-state index contributed by atoms with van der Waals surface area (Å²) in [6.45, 7) is 4.22. The molecule has 0 fully saturated rings. The largest absolute Gasteiger partial charge is 0.493 e. The molecule has 1 N–H and O–H groups in total. The Labute approximate surface area is 197 Å². The molecule has 1 aromatic heterocycles. The Hall–Kier alpha value is -3.32. The molecule has 1 atom stereocenters. The SMILES string of the molecule is COc1ccc(C2C3=C(CC(C)(C)CC3=O)Nc3nc(-c4ccc(Cl)cc4)nn32)cc1OC. The van der Waals surface area contributed by atoms with Gasteiger partial charge in [0.2, 0.25) is 5.95 Å². The molecule has 2 heterocycles. The zero-order valence-electron chi connectivity index (χ0n) is 19.0. The molecule has 1 aliphatic heterocycles. The van der Waals surface area contributed by atoms with Gasteiger partial charge in [0.05, 0.1) is 14.2 Å². The van der Waals surface area contributed by atoms with E-state index in [1.165, 1.54) is 0 Å². The summed E-state index contributed by atoms with van der Waals surface area (Å²) in [6.07, 6.45) is 1.23. The van der Waals surface area contributed by atoms with Crippen molar-refractivity contribution in [2.24, 2.45) is 5.41 Å². The summed E-state index contributed by atoms with van der Waals surface area (Å²) in [6, 6.07) is 12.7. The lowest BCUT2D eigenvalue weighted by molar-refractivity contribution is -0.118. The summed E-state index contributed by atoms with van der Waals surface area (Å²) in [5.41, 5.74) is 3.22. The molecule has 170 valence electrons. The lowest BCUT2D eigenvalue weighted by atomic mass is 9.73. The molecule has 0 saturated heterocycles. The van der Waals surface area contributed by atoms with Gasteiger partial charge in [0.1, 0.15) is 6.04 Å². The average Bonchev–Trinajstić information content (AvgIpc) is 3.20. The van der Waals surface area contributed by atoms with E-state index in [9.17, 15) is 4.79 Å². The minimum Gasteiger partial charge on any atom is -0.493 e. The number of halogens is 1. The van der Waals surface area contributed by atoms with E-state index in [0.29, 0.717) is 34.7 Å². The Morgan fingerprint density at radius 3 is 2.48 bits per heavy atom. The van der Waals surface area contributed by atoms with Gasteiger partial charge in [0.15, 0.2) is 23.1 Å². The first-order chi connectivity index (χ1) is 15.8. The third-order valence-electron chi connectivity index (χ3n) is 6.16. The predicted molar refractivity (Wildman–Crippen MR) is 127 cm³/mol. The van der Waals surface area contributed by atoms with E-state index in [2.05, 4.69) is 19.2 Å². The number of hydrogen-bond acceptors (Lipinski definition) is 6. The van der Waals surface area contributed by atoms with Gasteiger partial charge in [-0.1, -0.05) is 31.5 Å². The number of rotatable bonds is 4. The quantitative estimate of drug-likeness (QED) is 0.566. The van der Waals surface area contributed by atoms with Gasteiger partial charge in [0.25, 0.3) is 0 Å². The van der Waals surface area contributed by atoms with Crippen LogP contribution in [0.25, 0.3) is 11.4 Å². The highest BCUT2D eigenvalue weighted by Gasteiger charge is 2.42. The van der Waals surface area contributed by atoms with Crippen molar-refractivity contribution in [3.8, 4) is 22.9 Å². The number of fused-ring (bicyclic) bond motifs is 1. The minimum atomic E-state index is -0.423. The summed E-state index contributed by atoms with van der Waals surface area (Å²) < 4.78 is 12.7. The van der Waals surface area contributed by atoms with Crippen molar-refractivity contribution in [1.82, 2.24) is 14.8 Å². The molecule has 33 heavy (non-hydrogen) atoms. The fraction of sp³-hybridized carbons (Fsp3) is 0.320. The monoisotopic (exact) mass is 464 g/mol. The number of ketones is 1. The number of hydrogen-bond donors (Lipinski definition) is 1. The van der Waals surface area contributed by atoms with Crippen molar-refractivity contribution in [2.75, 3.05) is 19.5 Å². The molecule has 3 aromatic rings. The van der Waals surface area contributed by atoms with Gasteiger partial charge >= 0.3 is 0 Å². The van der Waals surface area contributed by atoms with Crippen LogP contribution in [-0.2, 0) is 4.79 Å². The fourth-order valence-corrected chi connectivity index (χ4v) is 4.79. The molecule has 5 rings (SSSR count). The van der Waals surface area contributed by atoms with Crippen molar-refractivity contribution in [1.29, 1.82) is 0 Å². The molecule has 0 amide bonds. The van der Waals surface area contributed by atoms with Crippen molar-refractivity contribution >= 4 is 23.3 Å². The van der Waals surface area contributed by atoms with Crippen molar-refractivity contribution in [2.45, 2.75) is 32.7 Å². The van der Waals surface area contributed by atoms with Gasteiger partial charge in [-0.05, 0) is 53.8 Å². The molecule has 2 aromatic carbocycles. The second kappa shape index (κ2) is 7.92. The van der Waals surface area contributed by atoms with Crippen LogP contribution in [0.15, 0.2) is 53.7 Å². The number of nitrogens with one attached hydrogen (secondary N) is 1. The van der Waals surface area contributed by atoms with Gasteiger partial charge in [-0.15, -0.1) is 5.10 Å². The Morgan fingerprint density at radius 1 is 1.06 bits per heavy atom. The summed E-state index contributed by atoms with van der Waals surface area (Å²) in [4.78, 5) is 18.2. The zero-order valence-corrected chi connectivity index (χ0v) is 19.7. The number of aromatic nitrogens is 3. The van der Waals surface area contributed by atoms with Gasteiger partial charge in [-0.25, -0.2) is 4.68 Å². The number of anilines is 1. The maximum atomic E-state index is 13.4. The van der Waals surface area contributed by atoms with E-state index in [0.717, 1.165) is 28.8 Å². The van der Waals surface area contributed by atoms with E-state index < -0.39 is 6.04 Å². The third-order valence-corrected chi connectivity index (χ3v) is 6.41. The van der Waals surface area contributed by atoms with E-state index >= 15 is 0 Å². The van der Waals surface area contributed by atoms with Crippen LogP contribution in [0.5, 0.6) is 11.5 Å². The van der Waals surface area contributed by atoms with Crippen LogP contribution in [0.4, 0.5) is 5.95 Å². The number of methoxy groups -OCH3 is 2. The molecular formula is C25H25ClN4O3. The first-order valence-electron chi connectivity index (χ1n) is 10.8. The predicted octanol–water partition coefficient (Wildman–Crippen LogP) is 5.27. The van der Waals surface area contributed by atoms with Crippen LogP contribution in [0.1, 0.15) is 38.3 Å². The highest BCUT2D eigenvalue weighted by Crippen LogP contribution is 2.46. The van der Waals surface area contributed by atoms with Crippen LogP contribution >= 0.6 is 11.6 Å². The number of benzene rings is 2. The smallest absolute Gasteiger partial charge is 0.226 e. The summed E-state index contributed by atoms with van der Waals surface area (Å²) >= 11 is 6.06. The Kier molecular flexibility index (Phi) is 5.16. The lowest BCUT2D eigenvalue weighted by Crippen LogP contribution is -2.36. The maximum absolute atomic E-state index is 13.4. The molecule has 0 saturated carbocycles. The molecule has 2 aliphatic rings. The molecule has 1 unspecified atom stereocenters. The van der Waals surface area contributed by atoms with E-state index in [4.69, 9.17) is 31.2 Å². The molecule has 0 radical (unpaired) electrons. The summed E-state index contributed by atoms with van der Waals surface area (Å²) in [5.74, 6) is 2.50. The molecule has 1 aliphatic carbocycles. The van der Waals surface area contributed by atoms with Gasteiger partial charge in [-0.2, -0.15) is 4.98 Å². The summed E-state index contributed by atoms with van der Waals surface area (Å²) in [5, 5.41) is 8.86. The van der Waals surface area contributed by atoms with E-state index in [1.807, 2.05) is 42.5 Å². The fourth-order valence-electron chi connectivity index (χ4n) is 4.66. The Bertz CT molecular complexity index is 1280. The van der Waals surface area contributed by atoms with Gasteiger partial charge < -0.3 is 14.8 Å². The standard InChI is InChI=1S/C25H25ClN4O3/c1-25(2)12-17-21(18(31)13-25)22(15-7-10-19(32-3)20(11-15)33-4)30-24(27-17)28-23(29-30)14-5-8-16(26)9-6-14/h5-11,22H,12-13H2,1-4H3,(H,27,28,29). The highest BCUT2D eigenvalue weighted by atomic mass is 35.5. The first-order valence-corrected chi connectivity index (χ1v) is 11.1.